The summed E-state index contributed by atoms with van der Waals surface area (Å²) < 4.78 is 0. The number of nitrogens with zero attached hydrogens (tertiary/aromatic N) is 3. The van der Waals surface area contributed by atoms with Crippen molar-refractivity contribution in [3.05, 3.63) is 24.3 Å². The maximum absolute atomic E-state index is 5.86. The van der Waals surface area contributed by atoms with Gasteiger partial charge in [-0.05, 0) is 30.9 Å². The zero-order chi connectivity index (χ0) is 13.9. The Morgan fingerprint density at radius 3 is 2.70 bits per heavy atom. The number of rotatable bonds is 3. The lowest BCUT2D eigenvalue weighted by Crippen LogP contribution is -2.34. The van der Waals surface area contributed by atoms with Crippen LogP contribution in [0.5, 0.6) is 0 Å². The van der Waals surface area contributed by atoms with Gasteiger partial charge in [-0.2, -0.15) is 4.98 Å². The SMILES string of the molecule is CCCC1CCN(c2nc(N)nc3ccccc23)CC1. The highest BCUT2D eigenvalue weighted by Crippen LogP contribution is 2.29. The van der Waals surface area contributed by atoms with Crippen LogP contribution in [0.4, 0.5) is 11.8 Å². The summed E-state index contributed by atoms with van der Waals surface area (Å²) in [6, 6.07) is 8.12. The minimum atomic E-state index is 0.370. The van der Waals surface area contributed by atoms with E-state index in [1.165, 1.54) is 25.7 Å². The van der Waals surface area contributed by atoms with Crippen molar-refractivity contribution >= 4 is 22.7 Å². The van der Waals surface area contributed by atoms with Gasteiger partial charge >= 0.3 is 0 Å². The van der Waals surface area contributed by atoms with Gasteiger partial charge in [0.25, 0.3) is 0 Å². The van der Waals surface area contributed by atoms with E-state index in [4.69, 9.17) is 5.73 Å². The molecule has 2 aromatic rings. The summed E-state index contributed by atoms with van der Waals surface area (Å²) in [7, 11) is 0. The number of hydrogen-bond acceptors (Lipinski definition) is 4. The largest absolute Gasteiger partial charge is 0.368 e. The second-order valence-electron chi connectivity index (χ2n) is 5.64. The van der Waals surface area contributed by atoms with E-state index in [1.807, 2.05) is 18.2 Å². The minimum absolute atomic E-state index is 0.370. The summed E-state index contributed by atoms with van der Waals surface area (Å²) >= 11 is 0. The van der Waals surface area contributed by atoms with E-state index in [-0.39, 0.29) is 0 Å². The van der Waals surface area contributed by atoms with Gasteiger partial charge in [-0.1, -0.05) is 31.9 Å². The lowest BCUT2D eigenvalue weighted by atomic mass is 9.92. The molecule has 0 atom stereocenters. The van der Waals surface area contributed by atoms with Crippen molar-refractivity contribution in [2.24, 2.45) is 5.92 Å². The van der Waals surface area contributed by atoms with Crippen LogP contribution in [0.2, 0.25) is 0 Å². The van der Waals surface area contributed by atoms with Crippen LogP contribution in [0.3, 0.4) is 0 Å². The number of aromatic nitrogens is 2. The van der Waals surface area contributed by atoms with Gasteiger partial charge in [-0.15, -0.1) is 0 Å². The average molecular weight is 270 g/mol. The third-order valence-electron chi connectivity index (χ3n) is 4.21. The maximum Gasteiger partial charge on any atom is 0.222 e. The van der Waals surface area contributed by atoms with E-state index in [1.54, 1.807) is 0 Å². The van der Waals surface area contributed by atoms with E-state index >= 15 is 0 Å². The summed E-state index contributed by atoms with van der Waals surface area (Å²) in [5, 5.41) is 1.11. The molecule has 1 aliphatic rings. The molecule has 20 heavy (non-hydrogen) atoms. The van der Waals surface area contributed by atoms with Crippen molar-refractivity contribution in [3.8, 4) is 0 Å². The Labute approximate surface area is 120 Å². The van der Waals surface area contributed by atoms with Gasteiger partial charge in [0, 0.05) is 18.5 Å². The number of anilines is 2. The standard InChI is InChI=1S/C16H22N4/c1-2-5-12-8-10-20(11-9-12)15-13-6-3-4-7-14(13)18-16(17)19-15/h3-4,6-7,12H,2,5,8-11H2,1H3,(H2,17,18,19). The van der Waals surface area contributed by atoms with Crippen molar-refractivity contribution in [1.82, 2.24) is 9.97 Å². The van der Waals surface area contributed by atoms with E-state index < -0.39 is 0 Å². The van der Waals surface area contributed by atoms with Crippen molar-refractivity contribution < 1.29 is 0 Å². The summed E-state index contributed by atoms with van der Waals surface area (Å²) in [4.78, 5) is 11.2. The van der Waals surface area contributed by atoms with Crippen LogP contribution in [0.15, 0.2) is 24.3 Å². The second kappa shape index (κ2) is 5.65. The monoisotopic (exact) mass is 270 g/mol. The predicted octanol–water partition coefficient (Wildman–Crippen LogP) is 3.23. The molecule has 1 fully saturated rings. The molecule has 0 aliphatic carbocycles. The molecule has 4 nitrogen and oxygen atoms in total. The molecular formula is C16H22N4. The first-order chi connectivity index (χ1) is 9.78. The van der Waals surface area contributed by atoms with Gasteiger partial charge in [0.1, 0.15) is 5.82 Å². The first-order valence-corrected chi connectivity index (χ1v) is 7.55. The third kappa shape index (κ3) is 2.55. The fraction of sp³-hybridized carbons (Fsp3) is 0.500. The van der Waals surface area contributed by atoms with Gasteiger partial charge in [-0.3, -0.25) is 0 Å². The summed E-state index contributed by atoms with van der Waals surface area (Å²) in [6.45, 7) is 4.42. The summed E-state index contributed by atoms with van der Waals surface area (Å²) in [6.07, 6.45) is 5.15. The Bertz CT molecular complexity index is 588. The number of benzene rings is 1. The van der Waals surface area contributed by atoms with Crippen LogP contribution >= 0.6 is 0 Å². The van der Waals surface area contributed by atoms with Crippen LogP contribution < -0.4 is 10.6 Å². The number of fused-ring (bicyclic) bond motifs is 1. The molecule has 1 saturated heterocycles. The molecule has 0 saturated carbocycles. The quantitative estimate of drug-likeness (QED) is 0.930. The van der Waals surface area contributed by atoms with Crippen LogP contribution in [-0.4, -0.2) is 23.1 Å². The molecule has 106 valence electrons. The first kappa shape index (κ1) is 13.2. The van der Waals surface area contributed by atoms with Crippen LogP contribution in [0, 0.1) is 5.92 Å². The van der Waals surface area contributed by atoms with E-state index in [2.05, 4.69) is 27.9 Å². The highest BCUT2D eigenvalue weighted by Gasteiger charge is 2.21. The molecule has 4 heteroatoms. The Balaban J connectivity index is 1.87. The topological polar surface area (TPSA) is 55.0 Å². The molecule has 1 aromatic carbocycles. The van der Waals surface area contributed by atoms with Gasteiger partial charge in [-0.25, -0.2) is 4.98 Å². The Morgan fingerprint density at radius 2 is 1.95 bits per heavy atom. The molecule has 2 N–H and O–H groups in total. The molecule has 0 amide bonds. The van der Waals surface area contributed by atoms with E-state index in [0.717, 1.165) is 35.7 Å². The minimum Gasteiger partial charge on any atom is -0.368 e. The second-order valence-corrected chi connectivity index (χ2v) is 5.64. The molecule has 1 aliphatic heterocycles. The fourth-order valence-electron chi connectivity index (χ4n) is 3.16. The third-order valence-corrected chi connectivity index (χ3v) is 4.21. The van der Waals surface area contributed by atoms with Crippen LogP contribution in [-0.2, 0) is 0 Å². The number of para-hydroxylation sites is 1. The maximum atomic E-state index is 5.86. The highest BCUT2D eigenvalue weighted by atomic mass is 15.2. The van der Waals surface area contributed by atoms with Crippen LogP contribution in [0.1, 0.15) is 32.6 Å². The van der Waals surface area contributed by atoms with Crippen molar-refractivity contribution in [1.29, 1.82) is 0 Å². The summed E-state index contributed by atoms with van der Waals surface area (Å²) in [5.74, 6) is 2.25. The van der Waals surface area contributed by atoms with Gasteiger partial charge in [0.15, 0.2) is 0 Å². The normalized spacial score (nSPS) is 16.8. The van der Waals surface area contributed by atoms with Crippen LogP contribution in [0.25, 0.3) is 10.9 Å². The Hall–Kier alpha value is -1.84. The van der Waals surface area contributed by atoms with Crippen molar-refractivity contribution in [2.75, 3.05) is 23.7 Å². The number of nitrogens with two attached hydrogens (primary N) is 1. The smallest absolute Gasteiger partial charge is 0.222 e. The Morgan fingerprint density at radius 1 is 1.20 bits per heavy atom. The van der Waals surface area contributed by atoms with Crippen molar-refractivity contribution in [3.63, 3.8) is 0 Å². The van der Waals surface area contributed by atoms with Gasteiger partial charge in [0.2, 0.25) is 5.95 Å². The average Bonchev–Trinajstić information content (AvgIpc) is 2.47. The Kier molecular flexibility index (Phi) is 3.72. The number of nitrogen functional groups attached to an aromatic ring is 1. The van der Waals surface area contributed by atoms with E-state index in [0.29, 0.717) is 5.95 Å². The van der Waals surface area contributed by atoms with E-state index in [9.17, 15) is 0 Å². The fourth-order valence-corrected chi connectivity index (χ4v) is 3.16. The molecular weight excluding hydrogens is 248 g/mol. The summed E-state index contributed by atoms with van der Waals surface area (Å²) in [5.41, 5.74) is 6.79. The molecule has 0 bridgehead atoms. The number of piperidine rings is 1. The van der Waals surface area contributed by atoms with Gasteiger partial charge < -0.3 is 10.6 Å². The van der Waals surface area contributed by atoms with Gasteiger partial charge in [0.05, 0.1) is 5.52 Å². The van der Waals surface area contributed by atoms with Crippen molar-refractivity contribution in [2.45, 2.75) is 32.6 Å². The zero-order valence-corrected chi connectivity index (χ0v) is 12.0. The lowest BCUT2D eigenvalue weighted by molar-refractivity contribution is 0.378. The first-order valence-electron chi connectivity index (χ1n) is 7.55. The lowest BCUT2D eigenvalue weighted by Gasteiger charge is -2.33. The number of hydrogen-bond donors (Lipinski definition) is 1. The zero-order valence-electron chi connectivity index (χ0n) is 12.0. The predicted molar refractivity (Wildman–Crippen MR) is 83.8 cm³/mol. The molecule has 1 aromatic heterocycles. The molecule has 0 spiro atoms. The molecule has 0 unspecified atom stereocenters. The molecule has 3 rings (SSSR count). The highest BCUT2D eigenvalue weighted by molar-refractivity contribution is 5.90. The molecule has 2 heterocycles. The molecule has 0 radical (unpaired) electrons.